The minimum absolute atomic E-state index is 0.0647. The number of rotatable bonds is 7. The van der Waals surface area contributed by atoms with Crippen LogP contribution in [0.3, 0.4) is 0 Å². The molecule has 0 aromatic heterocycles. The van der Waals surface area contributed by atoms with Crippen LogP contribution in [-0.4, -0.2) is 27.4 Å². The van der Waals surface area contributed by atoms with Crippen LogP contribution >= 0.6 is 0 Å². The van der Waals surface area contributed by atoms with Gasteiger partial charge in [0.2, 0.25) is 0 Å². The van der Waals surface area contributed by atoms with Crippen molar-refractivity contribution < 1.29 is 9.47 Å². The molecular formula is C12H20O2. The molecule has 0 N–H and O–H groups in total. The Bertz CT molecular complexity index is 195. The Morgan fingerprint density at radius 1 is 1.29 bits per heavy atom. The predicted molar refractivity (Wildman–Crippen MR) is 59.1 cm³/mol. The lowest BCUT2D eigenvalue weighted by atomic mass is 9.83. The Labute approximate surface area is 87.3 Å². The van der Waals surface area contributed by atoms with Crippen LogP contribution in [0, 0.1) is 17.8 Å². The van der Waals surface area contributed by atoms with Crippen LogP contribution < -0.4 is 0 Å². The maximum atomic E-state index is 5.36. The maximum Gasteiger partial charge on any atom is 0.0552 e. The normalized spacial score (nSPS) is 11.9. The van der Waals surface area contributed by atoms with Crippen molar-refractivity contribution in [1.29, 1.82) is 0 Å². The third-order valence-electron chi connectivity index (χ3n) is 2.16. The number of methoxy groups -OCH3 is 2. The van der Waals surface area contributed by atoms with Crippen molar-refractivity contribution in [2.45, 2.75) is 19.8 Å². The summed E-state index contributed by atoms with van der Waals surface area (Å²) >= 11 is 0. The number of allylic oxidation sites excluding steroid dienone is 2. The van der Waals surface area contributed by atoms with Gasteiger partial charge < -0.3 is 9.47 Å². The van der Waals surface area contributed by atoms with Crippen LogP contribution in [0.15, 0.2) is 12.2 Å². The molecule has 2 heteroatoms. The summed E-state index contributed by atoms with van der Waals surface area (Å²) in [4.78, 5) is 0. The summed E-state index contributed by atoms with van der Waals surface area (Å²) in [5, 5.41) is 0. The molecule has 2 nitrogen and oxygen atoms in total. The first kappa shape index (κ1) is 13.2. The van der Waals surface area contributed by atoms with Gasteiger partial charge in [0.1, 0.15) is 0 Å². The van der Waals surface area contributed by atoms with E-state index >= 15 is 0 Å². The highest BCUT2D eigenvalue weighted by atomic mass is 16.5. The largest absolute Gasteiger partial charge is 0.384 e. The lowest BCUT2D eigenvalue weighted by Gasteiger charge is -2.29. The molecule has 0 spiro atoms. The summed E-state index contributed by atoms with van der Waals surface area (Å²) in [6.45, 7) is 3.27. The van der Waals surface area contributed by atoms with E-state index in [-0.39, 0.29) is 5.41 Å². The van der Waals surface area contributed by atoms with Crippen LogP contribution in [0.2, 0.25) is 0 Å². The van der Waals surface area contributed by atoms with Crippen LogP contribution in [0.5, 0.6) is 0 Å². The lowest BCUT2D eigenvalue weighted by molar-refractivity contribution is 0.0150. The maximum absolute atomic E-state index is 5.36. The van der Waals surface area contributed by atoms with Gasteiger partial charge in [0.05, 0.1) is 13.2 Å². The molecule has 0 amide bonds. The van der Waals surface area contributed by atoms with Gasteiger partial charge in [0.25, 0.3) is 0 Å². The minimum Gasteiger partial charge on any atom is -0.384 e. The van der Waals surface area contributed by atoms with Gasteiger partial charge in [-0.25, -0.2) is 0 Å². The Hall–Kier alpha value is -0.780. The van der Waals surface area contributed by atoms with Crippen LogP contribution in [0.25, 0.3) is 0 Å². The zero-order chi connectivity index (χ0) is 10.9. The predicted octanol–water partition coefficient (Wildman–Crippen LogP) is 2.26. The molecule has 0 rings (SSSR count). The third-order valence-corrected chi connectivity index (χ3v) is 2.16. The number of terminal acetylenes is 1. The Balaban J connectivity index is 4.46. The van der Waals surface area contributed by atoms with E-state index in [1.165, 1.54) is 0 Å². The van der Waals surface area contributed by atoms with Gasteiger partial charge in [-0.15, -0.1) is 12.3 Å². The summed E-state index contributed by atoms with van der Waals surface area (Å²) in [6, 6.07) is 0. The number of hydrogen-bond donors (Lipinski definition) is 0. The van der Waals surface area contributed by atoms with Gasteiger partial charge >= 0.3 is 0 Å². The summed E-state index contributed by atoms with van der Waals surface area (Å²) < 4.78 is 10.4. The van der Waals surface area contributed by atoms with Crippen molar-refractivity contribution in [2.75, 3.05) is 27.4 Å². The van der Waals surface area contributed by atoms with Crippen molar-refractivity contribution >= 4 is 0 Å². The summed E-state index contributed by atoms with van der Waals surface area (Å²) in [6.07, 6.45) is 11.1. The molecule has 0 aromatic carbocycles. The first-order chi connectivity index (χ1) is 6.74. The van der Waals surface area contributed by atoms with Crippen LogP contribution in [0.4, 0.5) is 0 Å². The standard InChI is InChI=1S/C12H20O2/c1-5-7-9-12(8-6-2,10-13-3)11-14-4/h2,5,7H,8-11H2,1,3-4H3/b7-5+. The average Bonchev–Trinajstić information content (AvgIpc) is 2.16. The van der Waals surface area contributed by atoms with E-state index < -0.39 is 0 Å². The molecule has 0 aliphatic carbocycles. The van der Waals surface area contributed by atoms with E-state index in [1.807, 2.05) is 13.0 Å². The Morgan fingerprint density at radius 3 is 2.21 bits per heavy atom. The van der Waals surface area contributed by atoms with Gasteiger partial charge in [-0.3, -0.25) is 0 Å². The summed E-state index contributed by atoms with van der Waals surface area (Å²) in [5.41, 5.74) is -0.0647. The highest BCUT2D eigenvalue weighted by Crippen LogP contribution is 2.27. The number of hydrogen-bond acceptors (Lipinski definition) is 2. The molecule has 0 bridgehead atoms. The Kier molecular flexibility index (Phi) is 7.18. The van der Waals surface area contributed by atoms with Crippen molar-refractivity contribution in [2.24, 2.45) is 5.41 Å². The summed E-state index contributed by atoms with van der Waals surface area (Å²) in [5.74, 6) is 2.69. The van der Waals surface area contributed by atoms with Gasteiger partial charge in [0.15, 0.2) is 0 Å². The van der Waals surface area contributed by atoms with Gasteiger partial charge in [-0.1, -0.05) is 12.2 Å². The molecule has 0 saturated heterocycles. The summed E-state index contributed by atoms with van der Waals surface area (Å²) in [7, 11) is 3.38. The van der Waals surface area contributed by atoms with Crippen molar-refractivity contribution in [1.82, 2.24) is 0 Å². The second-order valence-electron chi connectivity index (χ2n) is 3.52. The van der Waals surface area contributed by atoms with E-state index in [2.05, 4.69) is 12.0 Å². The third kappa shape index (κ3) is 4.45. The molecule has 80 valence electrons. The van der Waals surface area contributed by atoms with E-state index in [0.717, 1.165) is 6.42 Å². The molecule has 14 heavy (non-hydrogen) atoms. The molecule has 0 aliphatic rings. The zero-order valence-corrected chi connectivity index (χ0v) is 9.38. The van der Waals surface area contributed by atoms with Crippen LogP contribution in [-0.2, 0) is 9.47 Å². The van der Waals surface area contributed by atoms with Crippen molar-refractivity contribution in [3.05, 3.63) is 12.2 Å². The first-order valence-electron chi connectivity index (χ1n) is 4.77. The molecule has 0 saturated carbocycles. The van der Waals surface area contributed by atoms with E-state index in [0.29, 0.717) is 19.6 Å². The van der Waals surface area contributed by atoms with Crippen molar-refractivity contribution in [3.8, 4) is 12.3 Å². The highest BCUT2D eigenvalue weighted by Gasteiger charge is 2.28. The quantitative estimate of drug-likeness (QED) is 0.459. The monoisotopic (exact) mass is 196 g/mol. The second-order valence-corrected chi connectivity index (χ2v) is 3.52. The Morgan fingerprint density at radius 2 is 1.86 bits per heavy atom. The van der Waals surface area contributed by atoms with Crippen LogP contribution in [0.1, 0.15) is 19.8 Å². The topological polar surface area (TPSA) is 18.5 Å². The average molecular weight is 196 g/mol. The smallest absolute Gasteiger partial charge is 0.0552 e. The first-order valence-corrected chi connectivity index (χ1v) is 4.77. The molecular weight excluding hydrogens is 176 g/mol. The molecule has 0 aromatic rings. The zero-order valence-electron chi connectivity index (χ0n) is 9.38. The van der Waals surface area contributed by atoms with E-state index in [1.54, 1.807) is 14.2 Å². The molecule has 0 unspecified atom stereocenters. The molecule has 0 radical (unpaired) electrons. The molecule has 0 aliphatic heterocycles. The van der Waals surface area contributed by atoms with E-state index in [9.17, 15) is 0 Å². The van der Waals surface area contributed by atoms with Gasteiger partial charge in [-0.05, 0) is 13.3 Å². The fourth-order valence-electron chi connectivity index (χ4n) is 1.53. The number of ether oxygens (including phenoxy) is 2. The fourth-order valence-corrected chi connectivity index (χ4v) is 1.53. The van der Waals surface area contributed by atoms with Gasteiger partial charge in [-0.2, -0.15) is 0 Å². The van der Waals surface area contributed by atoms with Gasteiger partial charge in [0, 0.05) is 26.1 Å². The molecule has 0 fully saturated rings. The second kappa shape index (κ2) is 7.61. The van der Waals surface area contributed by atoms with Crippen molar-refractivity contribution in [3.63, 3.8) is 0 Å². The minimum atomic E-state index is -0.0647. The van der Waals surface area contributed by atoms with E-state index in [4.69, 9.17) is 15.9 Å². The highest BCUT2D eigenvalue weighted by molar-refractivity contribution is 4.99. The lowest BCUT2D eigenvalue weighted by Crippen LogP contribution is -2.30. The SMILES string of the molecule is C#CCC(C/C=C/C)(COC)COC. The molecule has 0 atom stereocenters. The molecule has 0 heterocycles. The fraction of sp³-hybridized carbons (Fsp3) is 0.667.